The number of furan rings is 1. The van der Waals surface area contributed by atoms with E-state index in [1.54, 1.807) is 24.4 Å². The molecule has 4 heterocycles. The lowest BCUT2D eigenvalue weighted by atomic mass is 9.89. The maximum atomic E-state index is 14.7. The summed E-state index contributed by atoms with van der Waals surface area (Å²) in [6, 6.07) is 5.82. The molecule has 0 bridgehead atoms. The number of nitrogens with one attached hydrogen (secondary N) is 2. The average molecular weight is 424 g/mol. The van der Waals surface area contributed by atoms with Crippen LogP contribution in [0.5, 0.6) is 5.75 Å². The number of pyridine rings is 1. The number of amides is 4. The van der Waals surface area contributed by atoms with Crippen LogP contribution < -0.4 is 15.4 Å². The van der Waals surface area contributed by atoms with Crippen LogP contribution in [0.15, 0.2) is 41.1 Å². The maximum absolute atomic E-state index is 14.7. The van der Waals surface area contributed by atoms with Gasteiger partial charge in [0.05, 0.1) is 31.8 Å². The van der Waals surface area contributed by atoms with Crippen LogP contribution in [0.2, 0.25) is 0 Å². The van der Waals surface area contributed by atoms with Crippen molar-refractivity contribution < 1.29 is 27.9 Å². The summed E-state index contributed by atoms with van der Waals surface area (Å²) in [4.78, 5) is 42.9. The average Bonchev–Trinajstić information content (AvgIpc) is 3.30. The highest BCUT2D eigenvalue weighted by Gasteiger charge is 2.47. The van der Waals surface area contributed by atoms with Gasteiger partial charge in [0.15, 0.2) is 17.1 Å². The zero-order chi connectivity index (χ0) is 21.8. The van der Waals surface area contributed by atoms with Crippen LogP contribution in [0.3, 0.4) is 0 Å². The molecule has 0 radical (unpaired) electrons. The normalized spacial score (nSPS) is 20.6. The second-order valence-electron chi connectivity index (χ2n) is 7.56. The van der Waals surface area contributed by atoms with Gasteiger partial charge in [-0.15, -0.1) is 0 Å². The van der Waals surface area contributed by atoms with E-state index in [1.807, 2.05) is 0 Å². The zero-order valence-electron chi connectivity index (χ0n) is 16.4. The molecule has 1 aromatic carbocycles. The van der Waals surface area contributed by atoms with Crippen LogP contribution in [0.4, 0.5) is 9.18 Å². The monoisotopic (exact) mass is 424 g/mol. The van der Waals surface area contributed by atoms with Gasteiger partial charge in [-0.05, 0) is 23.8 Å². The summed E-state index contributed by atoms with van der Waals surface area (Å²) in [5, 5.41) is 5.68. The Balaban J connectivity index is 1.55. The first-order valence-corrected chi connectivity index (χ1v) is 9.51. The lowest BCUT2D eigenvalue weighted by molar-refractivity contribution is -0.123. The van der Waals surface area contributed by atoms with Crippen molar-refractivity contribution in [1.82, 2.24) is 20.5 Å². The van der Waals surface area contributed by atoms with Gasteiger partial charge >= 0.3 is 6.03 Å². The van der Waals surface area contributed by atoms with E-state index in [1.165, 1.54) is 24.3 Å². The van der Waals surface area contributed by atoms with Gasteiger partial charge in [0, 0.05) is 18.1 Å². The van der Waals surface area contributed by atoms with Gasteiger partial charge in [0.2, 0.25) is 5.91 Å². The van der Waals surface area contributed by atoms with E-state index in [4.69, 9.17) is 9.15 Å². The predicted molar refractivity (Wildman–Crippen MR) is 105 cm³/mol. The Kier molecular flexibility index (Phi) is 4.17. The highest BCUT2D eigenvalue weighted by atomic mass is 19.1. The molecule has 31 heavy (non-hydrogen) atoms. The van der Waals surface area contributed by atoms with E-state index >= 15 is 0 Å². The number of benzene rings is 1. The molecule has 10 heteroatoms. The Labute approximate surface area is 175 Å². The summed E-state index contributed by atoms with van der Waals surface area (Å²) in [7, 11) is 1.32. The van der Waals surface area contributed by atoms with Crippen molar-refractivity contribution in [3.05, 3.63) is 59.4 Å². The summed E-state index contributed by atoms with van der Waals surface area (Å²) in [5.74, 6) is -1.52. The van der Waals surface area contributed by atoms with E-state index < -0.39 is 29.2 Å². The molecule has 1 unspecified atom stereocenters. The van der Waals surface area contributed by atoms with Gasteiger partial charge in [-0.25, -0.2) is 9.18 Å². The Bertz CT molecular complexity index is 1200. The van der Waals surface area contributed by atoms with E-state index in [2.05, 4.69) is 15.6 Å². The lowest BCUT2D eigenvalue weighted by Gasteiger charge is -2.38. The van der Waals surface area contributed by atoms with Crippen LogP contribution in [0.1, 0.15) is 28.1 Å². The Morgan fingerprint density at radius 1 is 1.29 bits per heavy atom. The molecule has 1 atom stereocenters. The van der Waals surface area contributed by atoms with Crippen molar-refractivity contribution in [1.29, 1.82) is 0 Å². The minimum atomic E-state index is -1.32. The molecule has 9 nitrogen and oxygen atoms in total. The SMILES string of the molecule is COc1ccc2c(c1F)C(=O)N(CC1(c3cc4ccncc4o3)CC(=O)NC(=O)N1)C2. The summed E-state index contributed by atoms with van der Waals surface area (Å²) in [5.41, 5.74) is -0.422. The van der Waals surface area contributed by atoms with Gasteiger partial charge in [0.1, 0.15) is 11.3 Å². The van der Waals surface area contributed by atoms with Gasteiger partial charge in [0.25, 0.3) is 5.91 Å². The molecular formula is C21H17FN4O5. The first kappa shape index (κ1) is 19.0. The second-order valence-corrected chi connectivity index (χ2v) is 7.56. The summed E-state index contributed by atoms with van der Waals surface area (Å²) < 4.78 is 25.6. The highest BCUT2D eigenvalue weighted by molar-refractivity contribution is 6.00. The number of hydrogen-bond acceptors (Lipinski definition) is 6. The van der Waals surface area contributed by atoms with Crippen molar-refractivity contribution in [2.45, 2.75) is 18.5 Å². The summed E-state index contributed by atoms with van der Waals surface area (Å²) in [6.45, 7) is 0.0325. The van der Waals surface area contributed by atoms with Crippen LogP contribution >= 0.6 is 0 Å². The molecule has 2 aliphatic heterocycles. The number of hydrogen-bond donors (Lipinski definition) is 2. The summed E-state index contributed by atoms with van der Waals surface area (Å²) in [6.07, 6.45) is 2.96. The molecule has 4 amide bonds. The molecule has 0 aliphatic carbocycles. The van der Waals surface area contributed by atoms with Gasteiger partial charge < -0.3 is 19.4 Å². The van der Waals surface area contributed by atoms with Gasteiger partial charge in [-0.1, -0.05) is 6.07 Å². The van der Waals surface area contributed by atoms with Gasteiger partial charge in [-0.2, -0.15) is 0 Å². The number of methoxy groups -OCH3 is 1. The van der Waals surface area contributed by atoms with Crippen molar-refractivity contribution in [3.63, 3.8) is 0 Å². The minimum Gasteiger partial charge on any atom is -0.494 e. The Hall–Kier alpha value is -3.95. The molecule has 5 rings (SSSR count). The third-order valence-corrected chi connectivity index (χ3v) is 5.60. The number of fused-ring (bicyclic) bond motifs is 2. The quantitative estimate of drug-likeness (QED) is 0.663. The van der Waals surface area contributed by atoms with Crippen molar-refractivity contribution in [2.24, 2.45) is 0 Å². The number of ether oxygens (including phenoxy) is 1. The molecule has 3 aromatic rings. The molecule has 2 N–H and O–H groups in total. The first-order valence-electron chi connectivity index (χ1n) is 9.51. The zero-order valence-corrected chi connectivity index (χ0v) is 16.4. The number of imide groups is 1. The predicted octanol–water partition coefficient (Wildman–Crippen LogP) is 2.06. The molecule has 1 saturated heterocycles. The van der Waals surface area contributed by atoms with Crippen molar-refractivity contribution in [3.8, 4) is 5.75 Å². The highest BCUT2D eigenvalue weighted by Crippen LogP contribution is 2.37. The minimum absolute atomic E-state index is 0.0289. The lowest BCUT2D eigenvalue weighted by Crippen LogP contribution is -2.62. The number of rotatable bonds is 4. The second kappa shape index (κ2) is 6.79. The fourth-order valence-electron chi connectivity index (χ4n) is 4.19. The van der Waals surface area contributed by atoms with Crippen molar-refractivity contribution in [2.75, 3.05) is 13.7 Å². The van der Waals surface area contributed by atoms with E-state index in [9.17, 15) is 18.8 Å². The number of urea groups is 1. The molecule has 2 aromatic heterocycles. The van der Waals surface area contributed by atoms with Gasteiger partial charge in [-0.3, -0.25) is 19.9 Å². The molecule has 0 spiro atoms. The number of aromatic nitrogens is 1. The Morgan fingerprint density at radius 3 is 2.87 bits per heavy atom. The van der Waals surface area contributed by atoms with Crippen LogP contribution in [0, 0.1) is 5.82 Å². The van der Waals surface area contributed by atoms with Crippen LogP contribution in [0.25, 0.3) is 11.0 Å². The summed E-state index contributed by atoms with van der Waals surface area (Å²) >= 11 is 0. The fourth-order valence-corrected chi connectivity index (χ4v) is 4.19. The van der Waals surface area contributed by atoms with E-state index in [0.717, 1.165) is 5.39 Å². The number of carbonyl (C=O) groups is 3. The number of nitrogens with zero attached hydrogens (tertiary/aromatic N) is 2. The maximum Gasteiger partial charge on any atom is 0.322 e. The fraction of sp³-hybridized carbons (Fsp3) is 0.238. The largest absolute Gasteiger partial charge is 0.494 e. The number of carbonyl (C=O) groups excluding carboxylic acids is 3. The molecule has 158 valence electrons. The van der Waals surface area contributed by atoms with Crippen LogP contribution in [-0.4, -0.2) is 41.4 Å². The molecule has 0 saturated carbocycles. The standard InChI is InChI=1S/C21H17FN4O5/c1-30-13-3-2-12-9-26(19(28)17(12)18(13)22)10-21(7-16(27)24-20(29)25-21)15-6-11-4-5-23-8-14(11)31-15/h2-6,8H,7,9-10H2,1H3,(H2,24,25,27,29). The van der Waals surface area contributed by atoms with E-state index in [-0.39, 0.29) is 30.8 Å². The molecule has 1 fully saturated rings. The number of halogens is 1. The van der Waals surface area contributed by atoms with Crippen molar-refractivity contribution >= 4 is 28.8 Å². The van der Waals surface area contributed by atoms with E-state index in [0.29, 0.717) is 16.9 Å². The topological polar surface area (TPSA) is 114 Å². The van der Waals surface area contributed by atoms with Crippen LogP contribution in [-0.2, 0) is 16.9 Å². The molecular weight excluding hydrogens is 407 g/mol. The third kappa shape index (κ3) is 2.98. The first-order chi connectivity index (χ1) is 14.9. The third-order valence-electron chi connectivity index (χ3n) is 5.60. The molecule has 2 aliphatic rings. The Morgan fingerprint density at radius 2 is 2.13 bits per heavy atom. The smallest absolute Gasteiger partial charge is 0.322 e.